The van der Waals surface area contributed by atoms with Gasteiger partial charge >= 0.3 is 5.97 Å². The first-order valence-electron chi connectivity index (χ1n) is 8.35. The summed E-state index contributed by atoms with van der Waals surface area (Å²) in [6.45, 7) is 2.98. The second-order valence-corrected chi connectivity index (χ2v) is 6.32. The summed E-state index contributed by atoms with van der Waals surface area (Å²) in [6.07, 6.45) is 1.72. The van der Waals surface area contributed by atoms with Crippen LogP contribution in [0, 0.1) is 0 Å². The van der Waals surface area contributed by atoms with E-state index in [1.807, 2.05) is 41.4 Å². The van der Waals surface area contributed by atoms with Gasteiger partial charge in [0.15, 0.2) is 6.61 Å². The molecule has 2 aromatic carbocycles. The molecule has 0 aromatic heterocycles. The maximum atomic E-state index is 10.7. The van der Waals surface area contributed by atoms with E-state index in [1.165, 1.54) is 0 Å². The zero-order valence-corrected chi connectivity index (χ0v) is 15.0. The minimum Gasteiger partial charge on any atom is -0.481 e. The number of hydrazone groups is 1. The molecule has 2 aromatic rings. The van der Waals surface area contributed by atoms with Crippen LogP contribution in [-0.4, -0.2) is 55.1 Å². The van der Waals surface area contributed by atoms with Gasteiger partial charge in [-0.3, -0.25) is 5.01 Å². The van der Waals surface area contributed by atoms with Crippen LogP contribution < -0.4 is 9.64 Å². The van der Waals surface area contributed by atoms with Crippen LogP contribution in [0.15, 0.2) is 53.6 Å². The zero-order valence-electron chi connectivity index (χ0n) is 14.2. The average molecular weight is 374 g/mol. The molecule has 0 aliphatic carbocycles. The monoisotopic (exact) mass is 373 g/mol. The molecule has 1 saturated heterocycles. The first-order chi connectivity index (χ1) is 12.6. The molecule has 0 atom stereocenters. The van der Waals surface area contributed by atoms with Crippen LogP contribution in [0.1, 0.15) is 5.56 Å². The molecular weight excluding hydrogens is 354 g/mol. The Hall–Kier alpha value is -2.73. The van der Waals surface area contributed by atoms with Crippen molar-refractivity contribution in [2.75, 3.05) is 37.7 Å². The van der Waals surface area contributed by atoms with Gasteiger partial charge < -0.3 is 14.7 Å². The van der Waals surface area contributed by atoms with Crippen molar-refractivity contribution in [2.45, 2.75) is 0 Å². The standard InChI is InChI=1S/C19H20ClN3O3/c20-16-5-7-17(8-6-16)22-9-11-23(12-10-22)21-13-15-3-1-2-4-18(15)26-14-19(24)25/h1-8,13H,9-12,14H2,(H,24,25)/b21-13-. The van der Waals surface area contributed by atoms with Crippen molar-refractivity contribution in [1.82, 2.24) is 5.01 Å². The second kappa shape index (κ2) is 8.58. The molecule has 0 bridgehead atoms. The zero-order chi connectivity index (χ0) is 18.4. The molecule has 3 rings (SSSR count). The van der Waals surface area contributed by atoms with Gasteiger partial charge in [0.2, 0.25) is 0 Å². The van der Waals surface area contributed by atoms with E-state index in [0.29, 0.717) is 5.75 Å². The average Bonchev–Trinajstić information content (AvgIpc) is 2.66. The molecule has 7 heteroatoms. The van der Waals surface area contributed by atoms with Gasteiger partial charge in [0.25, 0.3) is 0 Å². The summed E-state index contributed by atoms with van der Waals surface area (Å²) in [4.78, 5) is 13.0. The number of nitrogens with zero attached hydrogens (tertiary/aromatic N) is 3. The molecule has 0 saturated carbocycles. The Morgan fingerprint density at radius 1 is 1.12 bits per heavy atom. The van der Waals surface area contributed by atoms with Crippen LogP contribution >= 0.6 is 11.6 Å². The highest BCUT2D eigenvalue weighted by atomic mass is 35.5. The van der Waals surface area contributed by atoms with Crippen LogP contribution in [-0.2, 0) is 4.79 Å². The van der Waals surface area contributed by atoms with Gasteiger partial charge in [-0.15, -0.1) is 0 Å². The van der Waals surface area contributed by atoms with E-state index in [0.717, 1.165) is 42.5 Å². The topological polar surface area (TPSA) is 65.4 Å². The lowest BCUT2D eigenvalue weighted by Crippen LogP contribution is -2.44. The molecule has 1 fully saturated rings. The summed E-state index contributed by atoms with van der Waals surface area (Å²) in [6, 6.07) is 15.1. The smallest absolute Gasteiger partial charge is 0.341 e. The van der Waals surface area contributed by atoms with Crippen LogP contribution in [0.3, 0.4) is 0 Å². The summed E-state index contributed by atoms with van der Waals surface area (Å²) in [5.74, 6) is -0.492. The van der Waals surface area contributed by atoms with Crippen molar-refractivity contribution in [1.29, 1.82) is 0 Å². The molecule has 136 valence electrons. The third-order valence-electron chi connectivity index (χ3n) is 4.08. The van der Waals surface area contributed by atoms with Crippen molar-refractivity contribution >= 4 is 29.5 Å². The largest absolute Gasteiger partial charge is 0.481 e. The normalized spacial score (nSPS) is 14.7. The third-order valence-corrected chi connectivity index (χ3v) is 4.33. The summed E-state index contributed by atoms with van der Waals surface area (Å²) in [5, 5.41) is 16.0. The Morgan fingerprint density at radius 3 is 2.50 bits per heavy atom. The van der Waals surface area contributed by atoms with E-state index in [4.69, 9.17) is 21.4 Å². The van der Waals surface area contributed by atoms with Gasteiger partial charge in [-0.25, -0.2) is 4.79 Å². The summed E-state index contributed by atoms with van der Waals surface area (Å²) >= 11 is 5.94. The molecule has 0 spiro atoms. The Labute approximate surface area is 157 Å². The first-order valence-corrected chi connectivity index (χ1v) is 8.73. The summed E-state index contributed by atoms with van der Waals surface area (Å²) < 4.78 is 5.29. The summed E-state index contributed by atoms with van der Waals surface area (Å²) in [5.41, 5.74) is 1.92. The van der Waals surface area contributed by atoms with Gasteiger partial charge in [-0.05, 0) is 36.4 Å². The second-order valence-electron chi connectivity index (χ2n) is 5.88. The fourth-order valence-electron chi connectivity index (χ4n) is 2.72. The van der Waals surface area contributed by atoms with Crippen LogP contribution in [0.2, 0.25) is 5.02 Å². The number of carbonyl (C=O) groups is 1. The Morgan fingerprint density at radius 2 is 1.81 bits per heavy atom. The molecule has 0 radical (unpaired) electrons. The van der Waals surface area contributed by atoms with Crippen molar-refractivity contribution in [2.24, 2.45) is 5.10 Å². The fourth-order valence-corrected chi connectivity index (χ4v) is 2.85. The fraction of sp³-hybridized carbons (Fsp3) is 0.263. The minimum absolute atomic E-state index is 0.370. The van der Waals surface area contributed by atoms with E-state index in [1.54, 1.807) is 18.3 Å². The maximum absolute atomic E-state index is 10.7. The van der Waals surface area contributed by atoms with E-state index in [9.17, 15) is 4.79 Å². The van der Waals surface area contributed by atoms with Crippen molar-refractivity contribution in [3.63, 3.8) is 0 Å². The van der Waals surface area contributed by atoms with Crippen molar-refractivity contribution in [3.8, 4) is 5.75 Å². The van der Waals surface area contributed by atoms with Gasteiger partial charge in [-0.1, -0.05) is 23.7 Å². The van der Waals surface area contributed by atoms with Gasteiger partial charge in [0, 0.05) is 29.4 Å². The van der Waals surface area contributed by atoms with Crippen LogP contribution in [0.25, 0.3) is 0 Å². The number of anilines is 1. The number of hydrogen-bond donors (Lipinski definition) is 1. The molecule has 0 unspecified atom stereocenters. The van der Waals surface area contributed by atoms with E-state index >= 15 is 0 Å². The van der Waals surface area contributed by atoms with E-state index in [-0.39, 0.29) is 6.61 Å². The van der Waals surface area contributed by atoms with E-state index in [2.05, 4.69) is 10.0 Å². The van der Waals surface area contributed by atoms with Crippen molar-refractivity contribution < 1.29 is 14.6 Å². The highest BCUT2D eigenvalue weighted by Crippen LogP contribution is 2.20. The molecule has 1 aliphatic rings. The molecule has 0 amide bonds. The number of hydrogen-bond acceptors (Lipinski definition) is 5. The lowest BCUT2D eigenvalue weighted by atomic mass is 10.2. The lowest BCUT2D eigenvalue weighted by Gasteiger charge is -2.34. The Bertz CT molecular complexity index is 772. The lowest BCUT2D eigenvalue weighted by molar-refractivity contribution is -0.139. The number of halogens is 1. The quantitative estimate of drug-likeness (QED) is 0.788. The van der Waals surface area contributed by atoms with Gasteiger partial charge in [0.05, 0.1) is 19.3 Å². The highest BCUT2D eigenvalue weighted by Gasteiger charge is 2.15. The predicted molar refractivity (Wildman–Crippen MR) is 102 cm³/mol. The van der Waals surface area contributed by atoms with Gasteiger partial charge in [-0.2, -0.15) is 5.10 Å². The highest BCUT2D eigenvalue weighted by molar-refractivity contribution is 6.30. The Kier molecular flexibility index (Phi) is 5.96. The van der Waals surface area contributed by atoms with Crippen LogP contribution in [0.5, 0.6) is 5.75 Å². The molecule has 26 heavy (non-hydrogen) atoms. The van der Waals surface area contributed by atoms with Crippen molar-refractivity contribution in [3.05, 3.63) is 59.1 Å². The maximum Gasteiger partial charge on any atom is 0.341 e. The number of carboxylic acid groups (broad SMARTS) is 1. The molecule has 1 heterocycles. The predicted octanol–water partition coefficient (Wildman–Crippen LogP) is 2.96. The number of rotatable bonds is 6. The molecular formula is C19H20ClN3O3. The Balaban J connectivity index is 1.57. The molecule has 1 aliphatic heterocycles. The number of benzene rings is 2. The minimum atomic E-state index is -1.00. The molecule has 6 nitrogen and oxygen atoms in total. The van der Waals surface area contributed by atoms with Gasteiger partial charge in [0.1, 0.15) is 5.75 Å². The SMILES string of the molecule is O=C(O)COc1ccccc1/C=N\N1CCN(c2ccc(Cl)cc2)CC1. The first kappa shape index (κ1) is 18.1. The third kappa shape index (κ3) is 4.89. The number of carboxylic acids is 1. The summed E-state index contributed by atoms with van der Waals surface area (Å²) in [7, 11) is 0. The number of para-hydroxylation sites is 1. The van der Waals surface area contributed by atoms with Crippen LogP contribution in [0.4, 0.5) is 5.69 Å². The molecule has 1 N–H and O–H groups in total. The number of aliphatic carboxylic acids is 1. The number of ether oxygens (including phenoxy) is 1. The number of piperazine rings is 1. The van der Waals surface area contributed by atoms with E-state index < -0.39 is 5.97 Å².